The van der Waals surface area contributed by atoms with E-state index in [0.29, 0.717) is 5.92 Å². The Kier molecular flexibility index (Phi) is 5.36. The predicted molar refractivity (Wildman–Crippen MR) is 108 cm³/mol. The van der Waals surface area contributed by atoms with Gasteiger partial charge < -0.3 is 0 Å². The van der Waals surface area contributed by atoms with Crippen molar-refractivity contribution in [1.29, 1.82) is 0 Å². The van der Waals surface area contributed by atoms with Crippen LogP contribution in [0.15, 0.2) is 36.4 Å². The monoisotopic (exact) mass is 386 g/mol. The van der Waals surface area contributed by atoms with Gasteiger partial charge in [0, 0.05) is 0 Å². The molecular weight excluding hydrogens is 362 g/mol. The molecule has 2 aromatic rings. The van der Waals surface area contributed by atoms with Gasteiger partial charge in [0.15, 0.2) is 0 Å². The van der Waals surface area contributed by atoms with Crippen molar-refractivity contribution in [1.82, 2.24) is 0 Å². The average Bonchev–Trinajstić information content (AvgIpc) is 2.69. The molecule has 0 bridgehead atoms. The molecule has 0 aliphatic heterocycles. The number of hydrogen-bond donors (Lipinski definition) is 0. The first kappa shape index (κ1) is 18.7. The summed E-state index contributed by atoms with van der Waals surface area (Å²) < 4.78 is 27.7. The quantitative estimate of drug-likeness (QED) is 0.395. The van der Waals surface area contributed by atoms with Crippen LogP contribution in [0.25, 0.3) is 0 Å². The van der Waals surface area contributed by atoms with Crippen molar-refractivity contribution in [3.63, 3.8) is 0 Å². The molecule has 2 aliphatic rings. The zero-order valence-electron chi connectivity index (χ0n) is 15.7. The molecule has 0 nitrogen and oxygen atoms in total. The highest BCUT2D eigenvalue weighted by Crippen LogP contribution is 2.39. The Balaban J connectivity index is 1.58. The third-order valence-electron chi connectivity index (χ3n) is 6.20. The second-order valence-corrected chi connectivity index (χ2v) is 8.30. The van der Waals surface area contributed by atoms with Crippen LogP contribution in [0.4, 0.5) is 8.78 Å². The molecule has 0 amide bonds. The van der Waals surface area contributed by atoms with Crippen LogP contribution in [0.3, 0.4) is 0 Å². The molecule has 0 spiro atoms. The lowest BCUT2D eigenvalue weighted by Gasteiger charge is -2.31. The van der Waals surface area contributed by atoms with Crippen LogP contribution < -0.4 is 0 Å². The Morgan fingerprint density at radius 3 is 2.30 bits per heavy atom. The minimum Gasteiger partial charge on any atom is -0.205 e. The van der Waals surface area contributed by atoms with Crippen molar-refractivity contribution in [3.8, 4) is 0 Å². The molecule has 27 heavy (non-hydrogen) atoms. The lowest BCUT2D eigenvalue weighted by Crippen LogP contribution is -2.20. The fourth-order valence-corrected chi connectivity index (χ4v) is 4.89. The van der Waals surface area contributed by atoms with Gasteiger partial charge in [-0.3, -0.25) is 0 Å². The minimum absolute atomic E-state index is 0.153. The van der Waals surface area contributed by atoms with E-state index in [1.54, 1.807) is 5.56 Å². The smallest absolute Gasteiger partial charge is 0.145 e. The van der Waals surface area contributed by atoms with Crippen LogP contribution in [0, 0.1) is 17.6 Å². The summed E-state index contributed by atoms with van der Waals surface area (Å²) in [5.41, 5.74) is 6.61. The van der Waals surface area contributed by atoms with E-state index in [1.807, 2.05) is 0 Å². The van der Waals surface area contributed by atoms with Gasteiger partial charge in [-0.1, -0.05) is 42.8 Å². The number of halogens is 3. The van der Waals surface area contributed by atoms with Crippen LogP contribution in [0.2, 0.25) is 5.02 Å². The highest BCUT2D eigenvalue weighted by atomic mass is 35.5. The summed E-state index contributed by atoms with van der Waals surface area (Å²) in [4.78, 5) is 0. The number of rotatable bonds is 3. The summed E-state index contributed by atoms with van der Waals surface area (Å²) in [5.74, 6) is -0.504. The van der Waals surface area contributed by atoms with Gasteiger partial charge >= 0.3 is 0 Å². The largest absolute Gasteiger partial charge is 0.205 e. The summed E-state index contributed by atoms with van der Waals surface area (Å²) in [5, 5.41) is -0.407. The molecule has 0 radical (unpaired) electrons. The number of hydrogen-bond acceptors (Lipinski definition) is 0. The molecule has 2 aromatic carbocycles. The predicted octanol–water partition coefficient (Wildman–Crippen LogP) is 6.96. The Bertz CT molecular complexity index is 861. The third-order valence-corrected chi connectivity index (χ3v) is 6.56. The maximum atomic E-state index is 13.9. The number of allylic oxidation sites excluding steroid dienone is 2. The maximum Gasteiger partial charge on any atom is 0.145 e. The minimum atomic E-state index is -0.658. The SMILES string of the molecule is CC/C=C/[C@H]1CCc2c(ccc3c2CC[C@H](c2cc(F)c(Cl)c(F)c2)C3)C1. The van der Waals surface area contributed by atoms with E-state index in [1.165, 1.54) is 35.2 Å². The fraction of sp³-hybridized carbons (Fsp3) is 0.417. The fourth-order valence-electron chi connectivity index (χ4n) is 4.78. The average molecular weight is 387 g/mol. The van der Waals surface area contributed by atoms with E-state index in [-0.39, 0.29) is 5.92 Å². The molecule has 0 unspecified atom stereocenters. The molecule has 0 saturated carbocycles. The lowest BCUT2D eigenvalue weighted by atomic mass is 9.74. The van der Waals surface area contributed by atoms with Crippen molar-refractivity contribution in [3.05, 3.63) is 80.9 Å². The van der Waals surface area contributed by atoms with Gasteiger partial charge in [-0.25, -0.2) is 8.78 Å². The second-order valence-electron chi connectivity index (χ2n) is 7.92. The molecule has 142 valence electrons. The van der Waals surface area contributed by atoms with Gasteiger partial charge in [0.2, 0.25) is 0 Å². The molecule has 0 aromatic heterocycles. The lowest BCUT2D eigenvalue weighted by molar-refractivity contribution is 0.528. The van der Waals surface area contributed by atoms with Gasteiger partial charge in [-0.2, -0.15) is 0 Å². The summed E-state index contributed by atoms with van der Waals surface area (Å²) >= 11 is 5.64. The Labute approximate surface area is 165 Å². The molecule has 0 fully saturated rings. The van der Waals surface area contributed by atoms with Crippen molar-refractivity contribution >= 4 is 11.6 Å². The Morgan fingerprint density at radius 2 is 1.63 bits per heavy atom. The van der Waals surface area contributed by atoms with Gasteiger partial charge in [0.1, 0.15) is 16.7 Å². The third kappa shape index (κ3) is 3.69. The van der Waals surface area contributed by atoms with Crippen molar-refractivity contribution in [2.45, 2.75) is 57.8 Å². The first-order valence-corrected chi connectivity index (χ1v) is 10.4. The van der Waals surface area contributed by atoms with Crippen LogP contribution in [0.1, 0.15) is 59.9 Å². The first-order chi connectivity index (χ1) is 13.1. The molecule has 0 heterocycles. The molecule has 2 atom stereocenters. The van der Waals surface area contributed by atoms with Crippen molar-refractivity contribution in [2.75, 3.05) is 0 Å². The Morgan fingerprint density at radius 1 is 1.00 bits per heavy atom. The number of benzene rings is 2. The van der Waals surface area contributed by atoms with E-state index in [0.717, 1.165) is 44.1 Å². The topological polar surface area (TPSA) is 0 Å². The van der Waals surface area contributed by atoms with Crippen LogP contribution in [-0.2, 0) is 25.7 Å². The normalized spacial score (nSPS) is 21.9. The molecule has 0 saturated heterocycles. The van der Waals surface area contributed by atoms with Gasteiger partial charge in [0.05, 0.1) is 0 Å². The molecule has 2 aliphatic carbocycles. The maximum absolute atomic E-state index is 13.9. The van der Waals surface area contributed by atoms with Gasteiger partial charge in [-0.05, 0) is 96.7 Å². The zero-order valence-corrected chi connectivity index (χ0v) is 16.5. The van der Waals surface area contributed by atoms with E-state index < -0.39 is 16.7 Å². The summed E-state index contributed by atoms with van der Waals surface area (Å²) in [7, 11) is 0. The van der Waals surface area contributed by atoms with Crippen LogP contribution in [0.5, 0.6) is 0 Å². The van der Waals surface area contributed by atoms with Gasteiger partial charge in [-0.15, -0.1) is 0 Å². The van der Waals surface area contributed by atoms with Crippen molar-refractivity contribution in [2.24, 2.45) is 5.92 Å². The van der Waals surface area contributed by atoms with Crippen LogP contribution >= 0.6 is 11.6 Å². The highest BCUT2D eigenvalue weighted by Gasteiger charge is 2.27. The molecular formula is C24H25ClF2. The van der Waals surface area contributed by atoms with Crippen molar-refractivity contribution < 1.29 is 8.78 Å². The standard InChI is InChI=1S/C24H25ClF2/c1-2-3-4-15-5-9-20-17(11-15)6-7-18-12-16(8-10-21(18)20)19-13-22(26)24(25)23(27)14-19/h3-4,6-7,13-16H,2,5,8-12H2,1H3/b4-3+/t15-,16-/m0/s1. The second kappa shape index (κ2) is 7.75. The molecule has 3 heteroatoms. The Hall–Kier alpha value is -1.67. The summed E-state index contributed by atoms with van der Waals surface area (Å²) in [6.45, 7) is 2.18. The molecule has 0 N–H and O–H groups in total. The van der Waals surface area contributed by atoms with E-state index in [2.05, 4.69) is 31.2 Å². The molecule has 4 rings (SSSR count). The highest BCUT2D eigenvalue weighted by molar-refractivity contribution is 6.30. The number of fused-ring (bicyclic) bond motifs is 3. The summed E-state index contributed by atoms with van der Waals surface area (Å²) in [6, 6.07) is 7.34. The first-order valence-electron chi connectivity index (χ1n) is 10.0. The summed E-state index contributed by atoms with van der Waals surface area (Å²) in [6.07, 6.45) is 12.0. The van der Waals surface area contributed by atoms with E-state index >= 15 is 0 Å². The van der Waals surface area contributed by atoms with E-state index in [9.17, 15) is 8.78 Å². The van der Waals surface area contributed by atoms with Gasteiger partial charge in [0.25, 0.3) is 0 Å². The van der Waals surface area contributed by atoms with E-state index in [4.69, 9.17) is 11.6 Å². The van der Waals surface area contributed by atoms with Crippen LogP contribution in [-0.4, -0.2) is 0 Å². The zero-order chi connectivity index (χ0) is 19.0.